The van der Waals surface area contributed by atoms with Crippen LogP contribution in [0.4, 0.5) is 0 Å². The maximum absolute atomic E-state index is 11.2. The van der Waals surface area contributed by atoms with Crippen LogP contribution in [0.1, 0.15) is 23.4 Å². The number of hydroxylamine groups is 1. The lowest BCUT2D eigenvalue weighted by Gasteiger charge is -2.09. The molecule has 0 spiro atoms. The summed E-state index contributed by atoms with van der Waals surface area (Å²) in [6.45, 7) is 1.58. The van der Waals surface area contributed by atoms with Crippen molar-refractivity contribution in [2.24, 2.45) is 0 Å². The smallest absolute Gasteiger partial charge is 0.267 e. The predicted octanol–water partition coefficient (Wildman–Crippen LogP) is 2.65. The highest BCUT2D eigenvalue weighted by atomic mass is 16.5. The monoisotopic (exact) mass is 381 g/mol. The van der Waals surface area contributed by atoms with E-state index in [1.807, 2.05) is 53.1 Å². The van der Waals surface area contributed by atoms with Crippen molar-refractivity contribution in [3.8, 4) is 0 Å². The zero-order valence-electron chi connectivity index (χ0n) is 15.4. The van der Waals surface area contributed by atoms with Crippen molar-refractivity contribution >= 4 is 23.0 Å². The largest absolute Gasteiger partial charge is 0.396 e. The van der Waals surface area contributed by atoms with E-state index in [9.17, 15) is 9.90 Å². The van der Waals surface area contributed by atoms with Gasteiger partial charge in [0.15, 0.2) is 0 Å². The number of nitrogens with zero attached hydrogens (tertiary/aromatic N) is 2. The predicted molar refractivity (Wildman–Crippen MR) is 105 cm³/mol. The summed E-state index contributed by atoms with van der Waals surface area (Å²) in [5, 5.41) is 17.8. The Hall–Kier alpha value is -3.00. The number of rotatable bonds is 9. The first kappa shape index (κ1) is 19.8. The van der Waals surface area contributed by atoms with Gasteiger partial charge in [0, 0.05) is 19.2 Å². The van der Waals surface area contributed by atoms with Crippen molar-refractivity contribution in [1.29, 1.82) is 0 Å². The van der Waals surface area contributed by atoms with E-state index in [-0.39, 0.29) is 6.61 Å². The molecule has 0 fully saturated rings. The van der Waals surface area contributed by atoms with Crippen molar-refractivity contribution in [2.45, 2.75) is 26.2 Å². The number of fused-ring (bicyclic) bond motifs is 1. The molecule has 3 aromatic rings. The quantitative estimate of drug-likeness (QED) is 0.301. The van der Waals surface area contributed by atoms with E-state index >= 15 is 0 Å². The zero-order chi connectivity index (χ0) is 19.8. The Bertz CT molecular complexity index is 951. The van der Waals surface area contributed by atoms with Crippen LogP contribution in [-0.4, -0.2) is 32.4 Å². The minimum absolute atomic E-state index is 0.0983. The van der Waals surface area contributed by atoms with E-state index in [0.717, 1.165) is 28.0 Å². The van der Waals surface area contributed by atoms with Gasteiger partial charge in [-0.3, -0.25) is 10.0 Å². The minimum Gasteiger partial charge on any atom is -0.396 e. The first-order valence-electron chi connectivity index (χ1n) is 9.05. The molecule has 0 atom stereocenters. The fourth-order valence-corrected chi connectivity index (χ4v) is 2.93. The Balaban J connectivity index is 1.80. The van der Waals surface area contributed by atoms with Crippen molar-refractivity contribution < 1.29 is 19.8 Å². The highest BCUT2D eigenvalue weighted by Crippen LogP contribution is 2.20. The molecule has 0 saturated carbocycles. The van der Waals surface area contributed by atoms with Crippen molar-refractivity contribution in [3.05, 3.63) is 71.6 Å². The van der Waals surface area contributed by atoms with Crippen LogP contribution in [0, 0.1) is 0 Å². The topological polar surface area (TPSA) is 96.6 Å². The van der Waals surface area contributed by atoms with Gasteiger partial charge in [0.25, 0.3) is 5.91 Å². The molecule has 3 rings (SSSR count). The lowest BCUT2D eigenvalue weighted by molar-refractivity contribution is -0.124. The standard InChI is InChI=1S/C21H23N3O4/c25-12-4-11-24-19-9-7-16(8-10-21(26)23-27)13-18(19)22-20(24)15-28-14-17-5-2-1-3-6-17/h1-3,5-10,13,25,27H,4,11-12,14-15H2,(H,23,26)/b10-8+. The molecule has 0 aliphatic heterocycles. The van der Waals surface area contributed by atoms with Gasteiger partial charge in [-0.1, -0.05) is 36.4 Å². The van der Waals surface area contributed by atoms with E-state index in [0.29, 0.717) is 26.2 Å². The van der Waals surface area contributed by atoms with Crippen molar-refractivity contribution in [3.63, 3.8) is 0 Å². The molecule has 1 aromatic heterocycles. The van der Waals surface area contributed by atoms with Gasteiger partial charge in [-0.2, -0.15) is 0 Å². The number of imidazole rings is 1. The third-order valence-electron chi connectivity index (χ3n) is 4.27. The van der Waals surface area contributed by atoms with E-state index < -0.39 is 5.91 Å². The highest BCUT2D eigenvalue weighted by molar-refractivity contribution is 5.91. The van der Waals surface area contributed by atoms with Gasteiger partial charge < -0.3 is 14.4 Å². The second-order valence-corrected chi connectivity index (χ2v) is 6.29. The summed E-state index contributed by atoms with van der Waals surface area (Å²) < 4.78 is 7.89. The second kappa shape index (κ2) is 9.80. The van der Waals surface area contributed by atoms with Crippen LogP contribution >= 0.6 is 0 Å². The summed E-state index contributed by atoms with van der Waals surface area (Å²) in [7, 11) is 0. The molecular formula is C21H23N3O4. The summed E-state index contributed by atoms with van der Waals surface area (Å²) in [5.41, 5.74) is 5.16. The number of hydrogen-bond donors (Lipinski definition) is 3. The number of ether oxygens (including phenoxy) is 1. The molecular weight excluding hydrogens is 358 g/mol. The van der Waals surface area contributed by atoms with Crippen LogP contribution < -0.4 is 5.48 Å². The first-order valence-corrected chi connectivity index (χ1v) is 9.05. The fourth-order valence-electron chi connectivity index (χ4n) is 2.93. The molecule has 0 bridgehead atoms. The molecule has 0 unspecified atom stereocenters. The summed E-state index contributed by atoms with van der Waals surface area (Å²) in [6.07, 6.45) is 3.46. The number of benzene rings is 2. The van der Waals surface area contributed by atoms with E-state index in [2.05, 4.69) is 4.98 Å². The summed E-state index contributed by atoms with van der Waals surface area (Å²) in [4.78, 5) is 15.8. The molecule has 28 heavy (non-hydrogen) atoms. The van der Waals surface area contributed by atoms with Gasteiger partial charge in [0.2, 0.25) is 0 Å². The molecule has 0 aliphatic carbocycles. The summed E-state index contributed by atoms with van der Waals surface area (Å²) in [6, 6.07) is 15.6. The normalized spacial score (nSPS) is 11.4. The molecule has 0 aliphatic rings. The third kappa shape index (κ3) is 5.04. The maximum atomic E-state index is 11.2. The number of aliphatic hydroxyl groups excluding tert-OH is 1. The Morgan fingerprint density at radius 1 is 1.18 bits per heavy atom. The van der Waals surface area contributed by atoms with Gasteiger partial charge in [-0.05, 0) is 35.8 Å². The number of carbonyl (C=O) groups excluding carboxylic acids is 1. The Kier molecular flexibility index (Phi) is 6.91. The number of aryl methyl sites for hydroxylation is 1. The van der Waals surface area contributed by atoms with Gasteiger partial charge >= 0.3 is 0 Å². The molecule has 1 amide bonds. The number of carbonyl (C=O) groups is 1. The average molecular weight is 381 g/mol. The van der Waals surface area contributed by atoms with Crippen LogP contribution in [0.2, 0.25) is 0 Å². The SMILES string of the molecule is O=C(/C=C/c1ccc2c(c1)nc(COCc1ccccc1)n2CCCO)NO. The minimum atomic E-state index is -0.594. The molecule has 2 aromatic carbocycles. The fraction of sp³-hybridized carbons (Fsp3) is 0.238. The van der Waals surface area contributed by atoms with Crippen LogP contribution in [-0.2, 0) is 29.3 Å². The van der Waals surface area contributed by atoms with Crippen molar-refractivity contribution in [2.75, 3.05) is 6.61 Å². The van der Waals surface area contributed by atoms with Crippen molar-refractivity contribution in [1.82, 2.24) is 15.0 Å². The number of aliphatic hydroxyl groups is 1. The number of amides is 1. The van der Waals surface area contributed by atoms with E-state index in [4.69, 9.17) is 9.94 Å². The van der Waals surface area contributed by atoms with Gasteiger partial charge in [0.05, 0.1) is 17.6 Å². The Morgan fingerprint density at radius 2 is 2.00 bits per heavy atom. The Morgan fingerprint density at radius 3 is 2.75 bits per heavy atom. The van der Waals surface area contributed by atoms with Crippen LogP contribution in [0.25, 0.3) is 17.1 Å². The number of aromatic nitrogens is 2. The first-order chi connectivity index (χ1) is 13.7. The van der Waals surface area contributed by atoms with Crippen LogP contribution in [0.15, 0.2) is 54.6 Å². The van der Waals surface area contributed by atoms with E-state index in [1.165, 1.54) is 6.08 Å². The maximum Gasteiger partial charge on any atom is 0.267 e. The van der Waals surface area contributed by atoms with Gasteiger partial charge in [-0.25, -0.2) is 10.5 Å². The summed E-state index contributed by atoms with van der Waals surface area (Å²) >= 11 is 0. The average Bonchev–Trinajstić information content (AvgIpc) is 3.07. The third-order valence-corrected chi connectivity index (χ3v) is 4.27. The zero-order valence-corrected chi connectivity index (χ0v) is 15.4. The molecule has 3 N–H and O–H groups in total. The lowest BCUT2D eigenvalue weighted by atomic mass is 10.2. The lowest BCUT2D eigenvalue weighted by Crippen LogP contribution is -2.14. The Labute approximate surface area is 162 Å². The van der Waals surface area contributed by atoms with E-state index in [1.54, 1.807) is 11.6 Å². The molecule has 1 heterocycles. The molecule has 7 nitrogen and oxygen atoms in total. The van der Waals surface area contributed by atoms with Crippen LogP contribution in [0.3, 0.4) is 0 Å². The molecule has 146 valence electrons. The van der Waals surface area contributed by atoms with Gasteiger partial charge in [0.1, 0.15) is 12.4 Å². The number of nitrogens with one attached hydrogen (secondary N) is 1. The second-order valence-electron chi connectivity index (χ2n) is 6.29. The molecule has 7 heteroatoms. The molecule has 0 saturated heterocycles. The van der Waals surface area contributed by atoms with Crippen LogP contribution in [0.5, 0.6) is 0 Å². The van der Waals surface area contributed by atoms with Gasteiger partial charge in [-0.15, -0.1) is 0 Å². The number of hydrogen-bond acceptors (Lipinski definition) is 5. The highest BCUT2D eigenvalue weighted by Gasteiger charge is 2.11. The molecule has 0 radical (unpaired) electrons. The summed E-state index contributed by atoms with van der Waals surface area (Å²) in [5.74, 6) is 0.192.